The number of benzene rings is 2. The zero-order valence-electron chi connectivity index (χ0n) is 19.8. The molecule has 0 unspecified atom stereocenters. The smallest absolute Gasteiger partial charge is 0.291 e. The number of halogens is 1. The van der Waals surface area contributed by atoms with Crippen molar-refractivity contribution in [2.45, 2.75) is 33.4 Å². The van der Waals surface area contributed by atoms with Crippen LogP contribution in [0.4, 0.5) is 5.69 Å². The topological polar surface area (TPSA) is 67.5 Å². The molecule has 2 aromatic heterocycles. The van der Waals surface area contributed by atoms with E-state index in [4.69, 9.17) is 16.0 Å². The maximum absolute atomic E-state index is 13.2. The minimum absolute atomic E-state index is 0.0988. The molecule has 0 atom stereocenters. The number of hydrogen-bond acceptors (Lipinski definition) is 3. The van der Waals surface area contributed by atoms with E-state index < -0.39 is 0 Å². The van der Waals surface area contributed by atoms with E-state index in [9.17, 15) is 9.59 Å². The lowest BCUT2D eigenvalue weighted by atomic mass is 10.2. The number of amides is 2. The summed E-state index contributed by atoms with van der Waals surface area (Å²) in [6, 6.07) is 22.1. The number of aryl methyl sites for hydroxylation is 1. The fourth-order valence-corrected chi connectivity index (χ4v) is 4.07. The number of anilines is 1. The molecule has 0 radical (unpaired) electrons. The zero-order chi connectivity index (χ0) is 24.8. The Bertz CT molecular complexity index is 1310. The summed E-state index contributed by atoms with van der Waals surface area (Å²) in [5.41, 5.74) is 3.29. The lowest BCUT2D eigenvalue weighted by Gasteiger charge is -2.23. The quantitative estimate of drug-likeness (QED) is 0.296. The Labute approximate surface area is 210 Å². The fourth-order valence-electron chi connectivity index (χ4n) is 3.85. The first kappa shape index (κ1) is 24.4. The lowest BCUT2D eigenvalue weighted by molar-refractivity contribution is 0.0739. The van der Waals surface area contributed by atoms with Crippen LogP contribution in [-0.4, -0.2) is 27.8 Å². The van der Waals surface area contributed by atoms with Crippen molar-refractivity contribution in [2.75, 3.05) is 11.9 Å². The molecule has 2 aromatic carbocycles. The normalized spacial score (nSPS) is 10.8. The first-order valence-electron chi connectivity index (χ1n) is 11.6. The fraction of sp³-hybridized carbons (Fsp3) is 0.214. The Morgan fingerprint density at radius 1 is 1.00 bits per heavy atom. The molecule has 4 rings (SSSR count). The van der Waals surface area contributed by atoms with Gasteiger partial charge in [0, 0.05) is 24.1 Å². The highest BCUT2D eigenvalue weighted by Crippen LogP contribution is 2.20. The van der Waals surface area contributed by atoms with Gasteiger partial charge in [0.05, 0.1) is 23.7 Å². The van der Waals surface area contributed by atoms with Crippen LogP contribution in [0.2, 0.25) is 5.02 Å². The van der Waals surface area contributed by atoms with Crippen LogP contribution in [0.25, 0.3) is 0 Å². The molecule has 6 nitrogen and oxygen atoms in total. The number of furan rings is 1. The zero-order valence-corrected chi connectivity index (χ0v) is 20.6. The maximum atomic E-state index is 13.2. The standard InChI is InChI=1S/C28H28ClN3O3/c1-3-16-32(28(34)24-8-4-5-9-25(24)29)18-22-7-6-17-31(22)19-23-14-15-26(35-23)27(33)30-21-12-10-20(2)11-13-21/h4-15,17H,3,16,18-19H2,1-2H3,(H,30,33). The molecule has 0 aliphatic rings. The lowest BCUT2D eigenvalue weighted by Crippen LogP contribution is -2.32. The molecule has 1 N–H and O–H groups in total. The van der Waals surface area contributed by atoms with E-state index in [1.807, 2.05) is 73.1 Å². The summed E-state index contributed by atoms with van der Waals surface area (Å²) < 4.78 is 7.84. The maximum Gasteiger partial charge on any atom is 0.291 e. The highest BCUT2D eigenvalue weighted by atomic mass is 35.5. The SMILES string of the molecule is CCCN(Cc1cccn1Cc1ccc(C(=O)Nc2ccc(C)cc2)o1)C(=O)c1ccccc1Cl. The minimum atomic E-state index is -0.299. The summed E-state index contributed by atoms with van der Waals surface area (Å²) in [5, 5.41) is 3.29. The third-order valence-corrected chi connectivity index (χ3v) is 6.01. The molecule has 0 aliphatic carbocycles. The molecule has 2 amide bonds. The molecule has 0 spiro atoms. The van der Waals surface area contributed by atoms with E-state index in [2.05, 4.69) is 5.32 Å². The van der Waals surface area contributed by atoms with E-state index in [0.717, 1.165) is 17.7 Å². The molecule has 35 heavy (non-hydrogen) atoms. The molecule has 2 heterocycles. The molecule has 4 aromatic rings. The molecule has 0 saturated carbocycles. The van der Waals surface area contributed by atoms with E-state index in [-0.39, 0.29) is 17.6 Å². The van der Waals surface area contributed by atoms with Gasteiger partial charge in [-0.3, -0.25) is 9.59 Å². The van der Waals surface area contributed by atoms with Crippen LogP contribution in [0, 0.1) is 6.92 Å². The minimum Gasteiger partial charge on any atom is -0.454 e. The first-order chi connectivity index (χ1) is 16.9. The summed E-state index contributed by atoms with van der Waals surface area (Å²) in [6.45, 7) is 5.53. The van der Waals surface area contributed by atoms with Crippen molar-refractivity contribution in [1.82, 2.24) is 9.47 Å². The van der Waals surface area contributed by atoms with Crippen LogP contribution < -0.4 is 5.32 Å². The number of nitrogens with zero attached hydrogens (tertiary/aromatic N) is 2. The van der Waals surface area contributed by atoms with Crippen molar-refractivity contribution in [3.05, 3.63) is 112 Å². The second-order valence-corrected chi connectivity index (χ2v) is 8.83. The highest BCUT2D eigenvalue weighted by Gasteiger charge is 2.19. The Morgan fingerprint density at radius 2 is 1.77 bits per heavy atom. The van der Waals surface area contributed by atoms with Gasteiger partial charge < -0.3 is 19.2 Å². The van der Waals surface area contributed by atoms with E-state index >= 15 is 0 Å². The van der Waals surface area contributed by atoms with Gasteiger partial charge in [0.25, 0.3) is 11.8 Å². The van der Waals surface area contributed by atoms with E-state index in [1.54, 1.807) is 29.2 Å². The predicted molar refractivity (Wildman–Crippen MR) is 138 cm³/mol. The largest absolute Gasteiger partial charge is 0.454 e. The number of carbonyl (C=O) groups is 2. The molecular formula is C28H28ClN3O3. The Hall–Kier alpha value is -3.77. The van der Waals surface area contributed by atoms with E-state index in [0.29, 0.717) is 41.7 Å². The van der Waals surface area contributed by atoms with Crippen LogP contribution >= 0.6 is 11.6 Å². The average Bonchev–Trinajstić information content (AvgIpc) is 3.50. The van der Waals surface area contributed by atoms with Crippen molar-refractivity contribution in [1.29, 1.82) is 0 Å². The highest BCUT2D eigenvalue weighted by molar-refractivity contribution is 6.33. The molecule has 0 bridgehead atoms. The molecule has 0 aliphatic heterocycles. The summed E-state index contributed by atoms with van der Waals surface area (Å²) in [4.78, 5) is 27.5. The average molecular weight is 490 g/mol. The van der Waals surface area contributed by atoms with Gasteiger partial charge in [-0.25, -0.2) is 0 Å². The van der Waals surface area contributed by atoms with Gasteiger partial charge in [0.2, 0.25) is 0 Å². The van der Waals surface area contributed by atoms with Gasteiger partial charge in [0.1, 0.15) is 5.76 Å². The van der Waals surface area contributed by atoms with Crippen LogP contribution in [0.1, 0.15) is 51.3 Å². The van der Waals surface area contributed by atoms with Crippen LogP contribution in [-0.2, 0) is 13.1 Å². The number of rotatable bonds is 9. The monoisotopic (exact) mass is 489 g/mol. The second kappa shape index (κ2) is 11.1. The van der Waals surface area contributed by atoms with Crippen molar-refractivity contribution in [2.24, 2.45) is 0 Å². The summed E-state index contributed by atoms with van der Waals surface area (Å²) in [6.07, 6.45) is 2.77. The van der Waals surface area contributed by atoms with Gasteiger partial charge in [0.15, 0.2) is 5.76 Å². The van der Waals surface area contributed by atoms with Gasteiger partial charge in [-0.1, -0.05) is 48.4 Å². The molecule has 180 valence electrons. The third-order valence-electron chi connectivity index (χ3n) is 5.68. The number of carbonyl (C=O) groups excluding carboxylic acids is 2. The summed E-state index contributed by atoms with van der Waals surface area (Å²) >= 11 is 6.27. The Morgan fingerprint density at radius 3 is 2.51 bits per heavy atom. The van der Waals surface area contributed by atoms with Crippen LogP contribution in [0.15, 0.2) is 83.4 Å². The predicted octanol–water partition coefficient (Wildman–Crippen LogP) is 6.40. The van der Waals surface area contributed by atoms with Crippen LogP contribution in [0.3, 0.4) is 0 Å². The van der Waals surface area contributed by atoms with Gasteiger partial charge in [-0.05, 0) is 61.9 Å². The van der Waals surface area contributed by atoms with Gasteiger partial charge in [-0.15, -0.1) is 0 Å². The Balaban J connectivity index is 1.45. The summed E-state index contributed by atoms with van der Waals surface area (Å²) in [5.74, 6) is 0.498. The Kier molecular flexibility index (Phi) is 7.73. The van der Waals surface area contributed by atoms with Crippen molar-refractivity contribution in [3.8, 4) is 0 Å². The van der Waals surface area contributed by atoms with Crippen LogP contribution in [0.5, 0.6) is 0 Å². The number of hydrogen-bond donors (Lipinski definition) is 1. The number of aromatic nitrogens is 1. The van der Waals surface area contributed by atoms with Gasteiger partial charge in [-0.2, -0.15) is 0 Å². The molecular weight excluding hydrogens is 462 g/mol. The summed E-state index contributed by atoms with van der Waals surface area (Å²) in [7, 11) is 0. The molecule has 7 heteroatoms. The van der Waals surface area contributed by atoms with Gasteiger partial charge >= 0.3 is 0 Å². The van der Waals surface area contributed by atoms with Crippen molar-refractivity contribution < 1.29 is 14.0 Å². The first-order valence-corrected chi connectivity index (χ1v) is 12.0. The van der Waals surface area contributed by atoms with E-state index in [1.165, 1.54) is 0 Å². The van der Waals surface area contributed by atoms with Crippen molar-refractivity contribution >= 4 is 29.1 Å². The number of nitrogens with one attached hydrogen (secondary N) is 1. The second-order valence-electron chi connectivity index (χ2n) is 8.42. The van der Waals surface area contributed by atoms with Crippen molar-refractivity contribution in [3.63, 3.8) is 0 Å². The molecule has 0 fully saturated rings. The molecule has 0 saturated heterocycles. The third kappa shape index (κ3) is 6.03.